The molecular weight excluding hydrogens is 331 g/mol. The number of carbonyl (C=O) groups is 1. The number of hydrogen-bond acceptors (Lipinski definition) is 3. The number of rotatable bonds is 2. The van der Waals surface area contributed by atoms with Crippen LogP contribution in [0.1, 0.15) is 10.4 Å². The zero-order chi connectivity index (χ0) is 12.4. The molecule has 5 nitrogen and oxygen atoms in total. The van der Waals surface area contributed by atoms with Crippen LogP contribution in [0.4, 0.5) is 5.69 Å². The number of benzene rings is 1. The van der Waals surface area contributed by atoms with Crippen LogP contribution in [0.25, 0.3) is 5.69 Å². The maximum Gasteiger partial charge on any atom is 0.251 e. The molecule has 0 aliphatic carbocycles. The molecule has 0 aliphatic rings. The van der Waals surface area contributed by atoms with Gasteiger partial charge >= 0.3 is 0 Å². The summed E-state index contributed by atoms with van der Waals surface area (Å²) in [6.07, 6.45) is 3.58. The van der Waals surface area contributed by atoms with E-state index in [1.54, 1.807) is 36.1 Å². The van der Waals surface area contributed by atoms with Crippen molar-refractivity contribution in [2.45, 2.75) is 0 Å². The molecule has 0 atom stereocenters. The van der Waals surface area contributed by atoms with Gasteiger partial charge in [-0.3, -0.25) is 4.79 Å². The van der Waals surface area contributed by atoms with E-state index in [1.165, 1.54) is 0 Å². The highest BCUT2D eigenvalue weighted by molar-refractivity contribution is 14.1. The van der Waals surface area contributed by atoms with Crippen LogP contribution >= 0.6 is 22.6 Å². The Bertz CT molecular complexity index is 564. The number of amides is 1. The molecule has 1 aromatic heterocycles. The van der Waals surface area contributed by atoms with Gasteiger partial charge in [0.1, 0.15) is 0 Å². The number of carbonyl (C=O) groups excluding carboxylic acids is 1. The highest BCUT2D eigenvalue weighted by Gasteiger charge is 2.09. The van der Waals surface area contributed by atoms with Crippen molar-refractivity contribution in [2.75, 3.05) is 12.8 Å². The Balaban J connectivity index is 2.49. The van der Waals surface area contributed by atoms with E-state index in [2.05, 4.69) is 33.0 Å². The monoisotopic (exact) mass is 342 g/mol. The quantitative estimate of drug-likeness (QED) is 0.640. The first kappa shape index (κ1) is 11.9. The van der Waals surface area contributed by atoms with Gasteiger partial charge in [0.2, 0.25) is 0 Å². The molecule has 2 rings (SSSR count). The third kappa shape index (κ3) is 2.41. The molecular formula is C11H11IN4O. The molecule has 17 heavy (non-hydrogen) atoms. The van der Waals surface area contributed by atoms with E-state index in [-0.39, 0.29) is 5.91 Å². The fourth-order valence-electron chi connectivity index (χ4n) is 1.46. The lowest BCUT2D eigenvalue weighted by Gasteiger charge is -2.07. The van der Waals surface area contributed by atoms with Gasteiger partial charge in [-0.25, -0.2) is 4.68 Å². The number of anilines is 1. The van der Waals surface area contributed by atoms with E-state index in [4.69, 9.17) is 5.73 Å². The van der Waals surface area contributed by atoms with E-state index < -0.39 is 0 Å². The zero-order valence-electron chi connectivity index (χ0n) is 9.14. The molecule has 0 bridgehead atoms. The number of halogens is 1. The number of hydrogen-bond donors (Lipinski definition) is 2. The molecule has 0 spiro atoms. The summed E-state index contributed by atoms with van der Waals surface area (Å²) in [6.45, 7) is 0. The zero-order valence-corrected chi connectivity index (χ0v) is 11.3. The molecule has 0 fully saturated rings. The Hall–Kier alpha value is -1.57. The summed E-state index contributed by atoms with van der Waals surface area (Å²) < 4.78 is 2.66. The Morgan fingerprint density at radius 1 is 1.53 bits per heavy atom. The molecule has 0 aliphatic heterocycles. The van der Waals surface area contributed by atoms with E-state index in [0.717, 1.165) is 3.57 Å². The Kier molecular flexibility index (Phi) is 3.32. The maximum atomic E-state index is 11.5. The van der Waals surface area contributed by atoms with Gasteiger partial charge in [-0.15, -0.1) is 0 Å². The molecule has 1 amide bonds. The minimum Gasteiger partial charge on any atom is -0.397 e. The summed E-state index contributed by atoms with van der Waals surface area (Å²) in [5.41, 5.74) is 7.72. The van der Waals surface area contributed by atoms with Crippen molar-refractivity contribution in [3.8, 4) is 5.69 Å². The minimum absolute atomic E-state index is 0.145. The van der Waals surface area contributed by atoms with Crippen molar-refractivity contribution in [3.05, 3.63) is 39.7 Å². The van der Waals surface area contributed by atoms with Crippen LogP contribution in [0.15, 0.2) is 30.6 Å². The Morgan fingerprint density at radius 3 is 2.88 bits per heavy atom. The molecule has 0 radical (unpaired) electrons. The lowest BCUT2D eigenvalue weighted by atomic mass is 10.1. The highest BCUT2D eigenvalue weighted by Crippen LogP contribution is 2.19. The van der Waals surface area contributed by atoms with Gasteiger partial charge in [-0.1, -0.05) is 0 Å². The molecule has 6 heteroatoms. The molecule has 88 valence electrons. The second-order valence-electron chi connectivity index (χ2n) is 3.46. The number of nitrogens with zero attached hydrogens (tertiary/aromatic N) is 2. The lowest BCUT2D eigenvalue weighted by Crippen LogP contribution is -2.18. The van der Waals surface area contributed by atoms with E-state index in [9.17, 15) is 4.79 Å². The average Bonchev–Trinajstić information content (AvgIpc) is 2.75. The summed E-state index contributed by atoms with van der Waals surface area (Å²) in [5, 5.41) is 6.74. The average molecular weight is 342 g/mol. The van der Waals surface area contributed by atoms with Crippen LogP contribution in [-0.2, 0) is 0 Å². The lowest BCUT2D eigenvalue weighted by molar-refractivity contribution is 0.0963. The summed E-state index contributed by atoms with van der Waals surface area (Å²) in [6, 6.07) is 5.11. The van der Waals surface area contributed by atoms with Crippen molar-refractivity contribution in [2.24, 2.45) is 0 Å². The summed E-state index contributed by atoms with van der Waals surface area (Å²) in [7, 11) is 1.59. The third-order valence-electron chi connectivity index (χ3n) is 2.32. The molecule has 0 unspecified atom stereocenters. The summed E-state index contributed by atoms with van der Waals surface area (Å²) >= 11 is 2.17. The predicted molar refractivity (Wildman–Crippen MR) is 74.1 cm³/mol. The molecule has 1 heterocycles. The van der Waals surface area contributed by atoms with Crippen LogP contribution in [0.2, 0.25) is 0 Å². The van der Waals surface area contributed by atoms with Crippen LogP contribution < -0.4 is 11.1 Å². The fraction of sp³-hybridized carbons (Fsp3) is 0.0909. The van der Waals surface area contributed by atoms with Gasteiger partial charge in [0.15, 0.2) is 0 Å². The molecule has 0 saturated heterocycles. The van der Waals surface area contributed by atoms with Gasteiger partial charge in [0.25, 0.3) is 5.91 Å². The molecule has 1 aromatic carbocycles. The SMILES string of the molecule is CNC(=O)c1ccc(N)c(-n2cc(I)cn2)c1. The summed E-state index contributed by atoms with van der Waals surface area (Å²) in [4.78, 5) is 11.5. The third-order valence-corrected chi connectivity index (χ3v) is 2.87. The maximum absolute atomic E-state index is 11.5. The van der Waals surface area contributed by atoms with Crippen molar-refractivity contribution in [1.82, 2.24) is 15.1 Å². The number of nitrogen functional groups attached to an aromatic ring is 1. The fourth-order valence-corrected chi connectivity index (χ4v) is 1.85. The highest BCUT2D eigenvalue weighted by atomic mass is 127. The van der Waals surface area contributed by atoms with Crippen molar-refractivity contribution < 1.29 is 4.79 Å². The van der Waals surface area contributed by atoms with Crippen LogP contribution in [-0.4, -0.2) is 22.7 Å². The normalized spacial score (nSPS) is 10.2. The van der Waals surface area contributed by atoms with Gasteiger partial charge in [-0.2, -0.15) is 5.10 Å². The van der Waals surface area contributed by atoms with Crippen molar-refractivity contribution >= 4 is 34.2 Å². The largest absolute Gasteiger partial charge is 0.397 e. The number of aromatic nitrogens is 2. The van der Waals surface area contributed by atoms with Gasteiger partial charge in [0.05, 0.1) is 21.1 Å². The summed E-state index contributed by atoms with van der Waals surface area (Å²) in [5.74, 6) is -0.145. The Morgan fingerprint density at radius 2 is 2.29 bits per heavy atom. The first-order chi connectivity index (χ1) is 8.11. The van der Waals surface area contributed by atoms with Crippen molar-refractivity contribution in [3.63, 3.8) is 0 Å². The van der Waals surface area contributed by atoms with Crippen LogP contribution in [0.5, 0.6) is 0 Å². The van der Waals surface area contributed by atoms with E-state index in [0.29, 0.717) is 16.9 Å². The second kappa shape index (κ2) is 4.74. The van der Waals surface area contributed by atoms with E-state index >= 15 is 0 Å². The van der Waals surface area contributed by atoms with Gasteiger partial charge in [-0.05, 0) is 40.8 Å². The second-order valence-corrected chi connectivity index (χ2v) is 4.70. The first-order valence-corrected chi connectivity index (χ1v) is 6.02. The molecule has 3 N–H and O–H groups in total. The van der Waals surface area contributed by atoms with E-state index in [1.807, 2.05) is 6.20 Å². The van der Waals surface area contributed by atoms with Gasteiger partial charge < -0.3 is 11.1 Å². The van der Waals surface area contributed by atoms with Crippen LogP contribution in [0, 0.1) is 3.57 Å². The smallest absolute Gasteiger partial charge is 0.251 e. The topological polar surface area (TPSA) is 72.9 Å². The number of nitrogens with one attached hydrogen (secondary N) is 1. The predicted octanol–water partition coefficient (Wildman–Crippen LogP) is 1.42. The van der Waals surface area contributed by atoms with Gasteiger partial charge in [0, 0.05) is 18.8 Å². The van der Waals surface area contributed by atoms with Crippen molar-refractivity contribution in [1.29, 1.82) is 0 Å². The number of nitrogens with two attached hydrogens (primary N) is 1. The molecule has 0 saturated carbocycles. The molecule has 2 aromatic rings. The first-order valence-electron chi connectivity index (χ1n) is 4.94. The minimum atomic E-state index is -0.145. The Labute approximate surface area is 112 Å². The standard InChI is InChI=1S/C11H11IN4O/c1-14-11(17)7-2-3-9(13)10(4-7)16-6-8(12)5-15-16/h2-6H,13H2,1H3,(H,14,17). The van der Waals surface area contributed by atoms with Crippen LogP contribution in [0.3, 0.4) is 0 Å².